The molecule has 1 amide bonds. The second-order valence-corrected chi connectivity index (χ2v) is 6.61. The number of nitrogens with one attached hydrogen (secondary N) is 2. The van der Waals surface area contributed by atoms with E-state index in [0.717, 1.165) is 51.3 Å². The number of aryl methyl sites for hydroxylation is 1. The Morgan fingerprint density at radius 3 is 2.92 bits per heavy atom. The van der Waals surface area contributed by atoms with Crippen LogP contribution in [0.2, 0.25) is 0 Å². The van der Waals surface area contributed by atoms with Crippen LogP contribution in [0.4, 0.5) is 0 Å². The molecule has 1 aromatic rings. The third-order valence-electron chi connectivity index (χ3n) is 4.93. The van der Waals surface area contributed by atoms with Crippen molar-refractivity contribution < 1.29 is 9.53 Å². The highest BCUT2D eigenvalue weighted by Crippen LogP contribution is 2.28. The Kier molecular flexibility index (Phi) is 9.16. The molecule has 3 atom stereocenters. The quantitative estimate of drug-likeness (QED) is 0.731. The molecule has 2 saturated heterocycles. The van der Waals surface area contributed by atoms with Crippen LogP contribution in [-0.4, -0.2) is 73.1 Å². The second-order valence-electron chi connectivity index (χ2n) is 6.61. The summed E-state index contributed by atoms with van der Waals surface area (Å²) in [5, 5.41) is 10.8. The first kappa shape index (κ1) is 22.2. The summed E-state index contributed by atoms with van der Waals surface area (Å²) in [5.41, 5.74) is 1.14. The Balaban J connectivity index is 0.00000156. The van der Waals surface area contributed by atoms with Crippen LogP contribution in [0.1, 0.15) is 17.9 Å². The maximum absolute atomic E-state index is 12.7. The van der Waals surface area contributed by atoms with Crippen LogP contribution in [0, 0.1) is 5.92 Å². The van der Waals surface area contributed by atoms with Gasteiger partial charge in [0.05, 0.1) is 18.7 Å². The molecule has 3 rings (SSSR count). The predicted molar refractivity (Wildman–Crippen MR) is 102 cm³/mol. The average Bonchev–Trinajstić information content (AvgIpc) is 3.24. The van der Waals surface area contributed by atoms with Crippen molar-refractivity contribution in [3.8, 4) is 0 Å². The topological polar surface area (TPSA) is 71.4 Å². The fraction of sp³-hybridized carbons (Fsp3) is 0.750. The summed E-state index contributed by atoms with van der Waals surface area (Å²) < 4.78 is 6.92. The molecule has 0 aromatic carbocycles. The Hall–Kier alpha value is -0.860. The maximum atomic E-state index is 12.7. The summed E-state index contributed by atoms with van der Waals surface area (Å²) in [6, 6.07) is 0.259. The summed E-state index contributed by atoms with van der Waals surface area (Å²) in [6.07, 6.45) is 4.91. The molecule has 0 spiro atoms. The van der Waals surface area contributed by atoms with Crippen LogP contribution in [0.15, 0.2) is 12.4 Å². The fourth-order valence-electron chi connectivity index (χ4n) is 3.62. The minimum Gasteiger partial charge on any atom is -0.383 e. The van der Waals surface area contributed by atoms with E-state index in [4.69, 9.17) is 4.74 Å². The SMILES string of the molecule is COCCN1CCC(NC(=O)[C@H]2CNC[C@@H]2c2cnn(C)c2)C1.Cl.Cl. The normalized spacial score (nSPS) is 26.1. The lowest BCUT2D eigenvalue weighted by molar-refractivity contribution is -0.125. The average molecular weight is 394 g/mol. The monoisotopic (exact) mass is 393 g/mol. The lowest BCUT2D eigenvalue weighted by atomic mass is 9.90. The standard InChI is InChI=1S/C16H27N5O2.2ClH/c1-20-10-12(7-18-20)14-8-17-9-15(14)16(22)19-13-3-4-21(11-13)5-6-23-2;;/h7,10,13-15,17H,3-6,8-9,11H2,1-2H3,(H,19,22);2*1H/t13?,14-,15+;;/m1../s1. The van der Waals surface area contributed by atoms with E-state index in [9.17, 15) is 4.79 Å². The predicted octanol–water partition coefficient (Wildman–Crippen LogP) is 0.404. The van der Waals surface area contributed by atoms with Crippen LogP contribution in [-0.2, 0) is 16.6 Å². The molecule has 0 radical (unpaired) electrons. The van der Waals surface area contributed by atoms with Crippen molar-refractivity contribution in [1.29, 1.82) is 0 Å². The molecule has 0 bridgehead atoms. The Bertz CT molecular complexity index is 542. The molecular weight excluding hydrogens is 365 g/mol. The van der Waals surface area contributed by atoms with Crippen LogP contribution < -0.4 is 10.6 Å². The summed E-state index contributed by atoms with van der Waals surface area (Å²) in [6.45, 7) is 5.22. The number of hydrogen-bond donors (Lipinski definition) is 2. The van der Waals surface area contributed by atoms with E-state index in [1.807, 2.05) is 19.4 Å². The molecule has 0 saturated carbocycles. The van der Waals surface area contributed by atoms with E-state index >= 15 is 0 Å². The lowest BCUT2D eigenvalue weighted by Crippen LogP contribution is -2.42. The third kappa shape index (κ3) is 5.56. The zero-order chi connectivity index (χ0) is 16.2. The third-order valence-corrected chi connectivity index (χ3v) is 4.93. The second kappa shape index (κ2) is 10.3. The van der Waals surface area contributed by atoms with E-state index in [1.54, 1.807) is 11.8 Å². The first-order valence-corrected chi connectivity index (χ1v) is 8.38. The van der Waals surface area contributed by atoms with Gasteiger partial charge in [0.25, 0.3) is 0 Å². The first-order chi connectivity index (χ1) is 11.2. The molecule has 9 heteroatoms. The van der Waals surface area contributed by atoms with Gasteiger partial charge >= 0.3 is 0 Å². The van der Waals surface area contributed by atoms with Crippen molar-refractivity contribution in [2.45, 2.75) is 18.4 Å². The van der Waals surface area contributed by atoms with E-state index < -0.39 is 0 Å². The number of carbonyl (C=O) groups is 1. The molecule has 2 aliphatic heterocycles. The number of likely N-dealkylation sites (tertiary alicyclic amines) is 1. The van der Waals surface area contributed by atoms with Gasteiger partial charge in [0, 0.05) is 65.0 Å². The van der Waals surface area contributed by atoms with Gasteiger partial charge in [0.1, 0.15) is 0 Å². The fourth-order valence-corrected chi connectivity index (χ4v) is 3.62. The molecule has 0 aliphatic carbocycles. The minimum absolute atomic E-state index is 0. The number of nitrogens with zero attached hydrogens (tertiary/aromatic N) is 3. The lowest BCUT2D eigenvalue weighted by Gasteiger charge is -2.21. The minimum atomic E-state index is -0.00720. The van der Waals surface area contributed by atoms with Crippen LogP contribution in [0.25, 0.3) is 0 Å². The van der Waals surface area contributed by atoms with Crippen molar-refractivity contribution in [1.82, 2.24) is 25.3 Å². The number of rotatable bonds is 6. The molecule has 3 heterocycles. The Morgan fingerprint density at radius 1 is 1.44 bits per heavy atom. The van der Waals surface area contributed by atoms with Crippen molar-refractivity contribution >= 4 is 30.7 Å². The van der Waals surface area contributed by atoms with Gasteiger partial charge in [0.2, 0.25) is 5.91 Å². The molecule has 144 valence electrons. The Labute approximate surface area is 161 Å². The van der Waals surface area contributed by atoms with Crippen LogP contribution >= 0.6 is 24.8 Å². The van der Waals surface area contributed by atoms with Crippen LogP contribution in [0.5, 0.6) is 0 Å². The van der Waals surface area contributed by atoms with Crippen molar-refractivity contribution in [3.05, 3.63) is 18.0 Å². The smallest absolute Gasteiger partial charge is 0.225 e. The largest absolute Gasteiger partial charge is 0.383 e. The molecular formula is C16H29Cl2N5O2. The zero-order valence-electron chi connectivity index (χ0n) is 14.8. The van der Waals surface area contributed by atoms with Gasteiger partial charge in [-0.1, -0.05) is 0 Å². The van der Waals surface area contributed by atoms with Gasteiger partial charge in [-0.25, -0.2) is 0 Å². The highest BCUT2D eigenvalue weighted by atomic mass is 35.5. The summed E-state index contributed by atoms with van der Waals surface area (Å²) in [7, 11) is 3.63. The first-order valence-electron chi connectivity index (χ1n) is 8.38. The van der Waals surface area contributed by atoms with E-state index in [-0.39, 0.29) is 48.6 Å². The number of hydrogen-bond acceptors (Lipinski definition) is 5. The van der Waals surface area contributed by atoms with Crippen molar-refractivity contribution in [3.63, 3.8) is 0 Å². The molecule has 1 unspecified atom stereocenters. The molecule has 1 aromatic heterocycles. The van der Waals surface area contributed by atoms with Gasteiger partial charge in [-0.05, 0) is 12.0 Å². The molecule has 2 N–H and O–H groups in total. The van der Waals surface area contributed by atoms with E-state index in [0.29, 0.717) is 0 Å². The molecule has 2 fully saturated rings. The zero-order valence-corrected chi connectivity index (χ0v) is 16.4. The number of ether oxygens (including phenoxy) is 1. The van der Waals surface area contributed by atoms with E-state index in [2.05, 4.69) is 20.6 Å². The Morgan fingerprint density at radius 2 is 2.24 bits per heavy atom. The van der Waals surface area contributed by atoms with Gasteiger partial charge in [-0.2, -0.15) is 5.10 Å². The summed E-state index contributed by atoms with van der Waals surface area (Å²) >= 11 is 0. The summed E-state index contributed by atoms with van der Waals surface area (Å²) in [4.78, 5) is 15.0. The number of aromatic nitrogens is 2. The van der Waals surface area contributed by atoms with E-state index in [1.165, 1.54) is 0 Å². The van der Waals surface area contributed by atoms with Crippen molar-refractivity contribution in [2.24, 2.45) is 13.0 Å². The van der Waals surface area contributed by atoms with Gasteiger partial charge in [0.15, 0.2) is 0 Å². The highest BCUT2D eigenvalue weighted by molar-refractivity contribution is 5.85. The van der Waals surface area contributed by atoms with Crippen molar-refractivity contribution in [2.75, 3.05) is 46.4 Å². The van der Waals surface area contributed by atoms with Gasteiger partial charge in [-0.15, -0.1) is 24.8 Å². The van der Waals surface area contributed by atoms with Gasteiger partial charge in [-0.3, -0.25) is 14.4 Å². The molecule has 7 nitrogen and oxygen atoms in total. The maximum Gasteiger partial charge on any atom is 0.225 e. The molecule has 25 heavy (non-hydrogen) atoms. The highest BCUT2D eigenvalue weighted by Gasteiger charge is 2.36. The number of amides is 1. The number of carbonyl (C=O) groups excluding carboxylic acids is 1. The molecule has 2 aliphatic rings. The van der Waals surface area contributed by atoms with Gasteiger partial charge < -0.3 is 15.4 Å². The number of methoxy groups -OCH3 is 1. The summed E-state index contributed by atoms with van der Waals surface area (Å²) in [5.74, 6) is 0.379. The number of halogens is 2. The van der Waals surface area contributed by atoms with Crippen LogP contribution in [0.3, 0.4) is 0 Å².